The average molecular weight is 489 g/mol. The number of carbonyl (C=O) groups is 1. The quantitative estimate of drug-likeness (QED) is 0.494. The number of hydrogen-bond donors (Lipinski definition) is 1. The van der Waals surface area contributed by atoms with E-state index in [9.17, 15) is 9.90 Å². The number of aliphatic hydroxyl groups excluding tert-OH is 1. The topological polar surface area (TPSA) is 71.9 Å². The predicted molar refractivity (Wildman–Crippen MR) is 134 cm³/mol. The summed E-state index contributed by atoms with van der Waals surface area (Å²) in [6, 6.07) is 7.62. The molecule has 1 aliphatic heterocycles. The van der Waals surface area contributed by atoms with Gasteiger partial charge in [0.05, 0.1) is 13.2 Å². The number of nitrogens with zero attached hydrogens (tertiary/aromatic N) is 2. The van der Waals surface area contributed by atoms with Crippen LogP contribution in [0.3, 0.4) is 0 Å². The van der Waals surface area contributed by atoms with Crippen molar-refractivity contribution in [3.8, 4) is 5.75 Å². The summed E-state index contributed by atoms with van der Waals surface area (Å²) in [5.74, 6) is 1.33. The Balaban J connectivity index is 1.47. The van der Waals surface area contributed by atoms with Crippen LogP contribution in [0.15, 0.2) is 36.7 Å². The Morgan fingerprint density at radius 2 is 1.94 bits per heavy atom. The van der Waals surface area contributed by atoms with Crippen molar-refractivity contribution in [3.05, 3.63) is 58.4 Å². The van der Waals surface area contributed by atoms with Crippen molar-refractivity contribution in [1.82, 2.24) is 9.88 Å². The summed E-state index contributed by atoms with van der Waals surface area (Å²) in [5, 5.41) is 11.4. The number of aryl methyl sites for hydroxylation is 2. The molecule has 0 spiro atoms. The zero-order chi connectivity index (χ0) is 24.7. The fourth-order valence-corrected chi connectivity index (χ4v) is 4.47. The van der Waals surface area contributed by atoms with Gasteiger partial charge in [-0.15, -0.1) is 0 Å². The summed E-state index contributed by atoms with van der Waals surface area (Å²) in [7, 11) is 1.63. The van der Waals surface area contributed by atoms with Crippen molar-refractivity contribution in [3.63, 3.8) is 0 Å². The first-order valence-electron chi connectivity index (χ1n) is 12.1. The monoisotopic (exact) mass is 488 g/mol. The number of halogens is 1. The predicted octanol–water partition coefficient (Wildman–Crippen LogP) is 5.99. The molecule has 6 nitrogen and oxygen atoms in total. The Morgan fingerprint density at radius 1 is 1.21 bits per heavy atom. The maximum absolute atomic E-state index is 12.3. The largest absolute Gasteiger partial charge is 0.497 e. The molecule has 0 aliphatic carbocycles. The van der Waals surface area contributed by atoms with Crippen molar-refractivity contribution in [1.29, 1.82) is 0 Å². The van der Waals surface area contributed by atoms with Gasteiger partial charge >= 0.3 is 6.09 Å². The molecule has 1 aliphatic rings. The second kappa shape index (κ2) is 11.9. The van der Waals surface area contributed by atoms with Crippen LogP contribution in [0.4, 0.5) is 4.79 Å². The van der Waals surface area contributed by atoms with Gasteiger partial charge in [-0.1, -0.05) is 17.7 Å². The molecule has 7 heteroatoms. The van der Waals surface area contributed by atoms with Gasteiger partial charge in [0.1, 0.15) is 11.4 Å². The molecule has 1 N–H and O–H groups in total. The van der Waals surface area contributed by atoms with Gasteiger partial charge in [0.25, 0.3) is 0 Å². The van der Waals surface area contributed by atoms with Crippen LogP contribution in [0.5, 0.6) is 5.75 Å². The number of piperidine rings is 1. The first-order valence-corrected chi connectivity index (χ1v) is 12.4. The van der Waals surface area contributed by atoms with Crippen molar-refractivity contribution in [2.24, 2.45) is 5.92 Å². The maximum Gasteiger partial charge on any atom is 0.410 e. The molecule has 186 valence electrons. The van der Waals surface area contributed by atoms with Crippen LogP contribution in [-0.4, -0.2) is 46.9 Å². The van der Waals surface area contributed by atoms with Gasteiger partial charge in [0, 0.05) is 30.5 Å². The lowest BCUT2D eigenvalue weighted by atomic mass is 9.90. The molecular formula is C27H37ClN2O4. The van der Waals surface area contributed by atoms with Crippen LogP contribution in [0.2, 0.25) is 5.02 Å². The zero-order valence-electron chi connectivity index (χ0n) is 20.7. The van der Waals surface area contributed by atoms with Gasteiger partial charge in [-0.05, 0) is 100 Å². The second-order valence-corrected chi connectivity index (χ2v) is 10.5. The van der Waals surface area contributed by atoms with Crippen LogP contribution < -0.4 is 4.74 Å². The number of methoxy groups -OCH3 is 1. The molecule has 2 aromatic rings. The van der Waals surface area contributed by atoms with Gasteiger partial charge in [-0.25, -0.2) is 4.79 Å². The number of carbonyl (C=O) groups excluding carboxylic acids is 1. The lowest BCUT2D eigenvalue weighted by Gasteiger charge is -2.33. The van der Waals surface area contributed by atoms with Crippen LogP contribution in [0.25, 0.3) is 0 Å². The average Bonchev–Trinajstić information content (AvgIpc) is 2.81. The molecule has 1 atom stereocenters. The number of pyridine rings is 1. The molecule has 1 aromatic carbocycles. The second-order valence-electron chi connectivity index (χ2n) is 10.1. The summed E-state index contributed by atoms with van der Waals surface area (Å²) < 4.78 is 10.8. The van der Waals surface area contributed by atoms with Crippen LogP contribution >= 0.6 is 11.6 Å². The molecule has 0 saturated carbocycles. The Kier molecular flexibility index (Phi) is 9.20. The Morgan fingerprint density at radius 3 is 2.62 bits per heavy atom. The number of likely N-dealkylation sites (tertiary alicyclic amines) is 1. The Labute approximate surface area is 208 Å². The van der Waals surface area contributed by atoms with E-state index in [0.29, 0.717) is 23.8 Å². The molecule has 0 radical (unpaired) electrons. The molecule has 1 fully saturated rings. The summed E-state index contributed by atoms with van der Waals surface area (Å²) in [6.45, 7) is 7.16. The number of aliphatic hydroxyl groups is 1. The van der Waals surface area contributed by atoms with Crippen LogP contribution in [0.1, 0.15) is 69.2 Å². The van der Waals surface area contributed by atoms with Crippen molar-refractivity contribution < 1.29 is 19.4 Å². The number of rotatable bonds is 8. The first-order chi connectivity index (χ1) is 16.1. The Bertz CT molecular complexity index is 952. The minimum Gasteiger partial charge on any atom is -0.497 e. The van der Waals surface area contributed by atoms with Gasteiger partial charge in [-0.2, -0.15) is 0 Å². The fourth-order valence-electron chi connectivity index (χ4n) is 4.26. The van der Waals surface area contributed by atoms with E-state index >= 15 is 0 Å². The van der Waals surface area contributed by atoms with Gasteiger partial charge in [0.2, 0.25) is 0 Å². The Hall–Kier alpha value is -2.31. The molecular weight excluding hydrogens is 452 g/mol. The molecule has 1 saturated heterocycles. The minimum absolute atomic E-state index is 0.216. The van der Waals surface area contributed by atoms with E-state index in [0.717, 1.165) is 61.2 Å². The van der Waals surface area contributed by atoms with E-state index in [2.05, 4.69) is 11.1 Å². The maximum atomic E-state index is 12.3. The van der Waals surface area contributed by atoms with E-state index in [4.69, 9.17) is 21.1 Å². The number of aromatic nitrogens is 1. The number of benzene rings is 1. The van der Waals surface area contributed by atoms with E-state index in [1.54, 1.807) is 13.3 Å². The number of ether oxygens (including phenoxy) is 2. The molecule has 1 unspecified atom stereocenters. The molecule has 0 bridgehead atoms. The van der Waals surface area contributed by atoms with Crippen LogP contribution in [-0.2, 0) is 17.6 Å². The standard InChI is InChI=1S/C27H37ClN2O4/c1-27(2,3)34-26(32)30-13-11-19(12-14-30)5-6-20-15-22(18-29-17-20)25(31)10-7-21-16-23(33-4)8-9-24(21)28/h8-9,15-19,25,31H,5-7,10-14H2,1-4H3. The van der Waals surface area contributed by atoms with Crippen molar-refractivity contribution in [2.45, 2.75) is 71.0 Å². The normalized spacial score (nSPS) is 15.8. The first kappa shape index (κ1) is 26.3. The highest BCUT2D eigenvalue weighted by Crippen LogP contribution is 2.27. The van der Waals surface area contributed by atoms with Gasteiger partial charge in [0.15, 0.2) is 0 Å². The van der Waals surface area contributed by atoms with E-state index in [1.807, 2.05) is 50.1 Å². The molecule has 2 heterocycles. The lowest BCUT2D eigenvalue weighted by Crippen LogP contribution is -2.41. The minimum atomic E-state index is -0.605. The highest BCUT2D eigenvalue weighted by atomic mass is 35.5. The summed E-state index contributed by atoms with van der Waals surface area (Å²) in [6.07, 6.45) is 7.92. The van der Waals surface area contributed by atoms with Crippen molar-refractivity contribution in [2.75, 3.05) is 20.2 Å². The molecule has 3 rings (SSSR count). The van der Waals surface area contributed by atoms with Crippen LogP contribution in [0, 0.1) is 5.92 Å². The molecule has 34 heavy (non-hydrogen) atoms. The third kappa shape index (κ3) is 7.88. The lowest BCUT2D eigenvalue weighted by molar-refractivity contribution is 0.0181. The van der Waals surface area contributed by atoms with Gasteiger partial charge in [-0.3, -0.25) is 4.98 Å². The van der Waals surface area contributed by atoms with E-state index in [-0.39, 0.29) is 6.09 Å². The number of amides is 1. The van der Waals surface area contributed by atoms with E-state index < -0.39 is 11.7 Å². The third-order valence-corrected chi connectivity index (χ3v) is 6.62. The van der Waals surface area contributed by atoms with Crippen molar-refractivity contribution >= 4 is 17.7 Å². The summed E-state index contributed by atoms with van der Waals surface area (Å²) >= 11 is 6.30. The summed E-state index contributed by atoms with van der Waals surface area (Å²) in [4.78, 5) is 18.4. The highest BCUT2D eigenvalue weighted by Gasteiger charge is 2.26. The van der Waals surface area contributed by atoms with Gasteiger partial charge < -0.3 is 19.5 Å². The third-order valence-electron chi connectivity index (χ3n) is 6.25. The smallest absolute Gasteiger partial charge is 0.410 e. The molecule has 1 aromatic heterocycles. The summed E-state index contributed by atoms with van der Waals surface area (Å²) in [5.41, 5.74) is 2.46. The van der Waals surface area contributed by atoms with E-state index in [1.165, 1.54) is 0 Å². The zero-order valence-corrected chi connectivity index (χ0v) is 21.5. The highest BCUT2D eigenvalue weighted by molar-refractivity contribution is 6.31. The number of hydrogen-bond acceptors (Lipinski definition) is 5. The SMILES string of the molecule is COc1ccc(Cl)c(CCC(O)c2cncc(CCC3CCN(C(=O)OC(C)(C)C)CC3)c2)c1. The fraction of sp³-hybridized carbons (Fsp3) is 0.556. The molecule has 1 amide bonds.